The molecule has 0 atom stereocenters. The van der Waals surface area contributed by atoms with Crippen molar-refractivity contribution in [2.24, 2.45) is 5.10 Å². The first-order valence-electron chi connectivity index (χ1n) is 7.38. The van der Waals surface area contributed by atoms with Crippen LogP contribution in [0.4, 0.5) is 0 Å². The smallest absolute Gasteiger partial charge is 0.216 e. The molecule has 2 aromatic carbocycles. The predicted molar refractivity (Wildman–Crippen MR) is 101 cm³/mol. The van der Waals surface area contributed by atoms with Gasteiger partial charge in [-0.05, 0) is 49.0 Å². The lowest BCUT2D eigenvalue weighted by Crippen LogP contribution is -1.96. The van der Waals surface area contributed by atoms with E-state index in [0.29, 0.717) is 17.2 Å². The lowest BCUT2D eigenvalue weighted by Gasteiger charge is -2.05. The van der Waals surface area contributed by atoms with Crippen LogP contribution >= 0.6 is 28.1 Å². The van der Waals surface area contributed by atoms with Gasteiger partial charge in [-0.3, -0.25) is 0 Å². The number of H-pyrrole nitrogens is 1. The second kappa shape index (κ2) is 7.55. The molecule has 0 aliphatic carbocycles. The number of nitrogens with one attached hydrogen (secondary N) is 1. The Hall–Kier alpha value is -2.25. The molecule has 0 spiro atoms. The van der Waals surface area contributed by atoms with E-state index >= 15 is 0 Å². The summed E-state index contributed by atoms with van der Waals surface area (Å²) in [6, 6.07) is 15.5. The Morgan fingerprint density at radius 3 is 2.83 bits per heavy atom. The summed E-state index contributed by atoms with van der Waals surface area (Å²) in [6.45, 7) is 2.56. The highest BCUT2D eigenvalue weighted by atomic mass is 79.9. The summed E-state index contributed by atoms with van der Waals surface area (Å²) < 4.78 is 8.59. The minimum atomic E-state index is 0.431. The molecule has 1 N–H and O–H groups in total. The van der Waals surface area contributed by atoms with Crippen molar-refractivity contribution >= 4 is 34.4 Å². The number of benzene rings is 2. The van der Waals surface area contributed by atoms with E-state index in [1.54, 1.807) is 10.9 Å². The molecule has 3 rings (SSSR count). The van der Waals surface area contributed by atoms with Crippen LogP contribution in [-0.2, 0) is 0 Å². The van der Waals surface area contributed by atoms with Crippen LogP contribution < -0.4 is 4.74 Å². The summed E-state index contributed by atoms with van der Waals surface area (Å²) in [7, 11) is 0. The SMILES string of the molecule is CCOc1cccc(-c2n[nH]c(=S)n2/N=C\c2ccc(Br)cc2)c1. The van der Waals surface area contributed by atoms with Crippen LogP contribution in [-0.4, -0.2) is 27.7 Å². The molecule has 1 aromatic heterocycles. The van der Waals surface area contributed by atoms with E-state index in [1.807, 2.05) is 55.5 Å². The third-order valence-corrected chi connectivity index (χ3v) is 4.04. The summed E-state index contributed by atoms with van der Waals surface area (Å²) in [5.74, 6) is 1.42. The fraction of sp³-hybridized carbons (Fsp3) is 0.118. The molecule has 0 aliphatic rings. The Morgan fingerprint density at radius 2 is 2.08 bits per heavy atom. The maximum Gasteiger partial charge on any atom is 0.216 e. The summed E-state index contributed by atoms with van der Waals surface area (Å²) >= 11 is 8.70. The maximum absolute atomic E-state index is 5.54. The zero-order valence-electron chi connectivity index (χ0n) is 12.9. The Morgan fingerprint density at radius 1 is 1.29 bits per heavy atom. The number of hydrogen-bond acceptors (Lipinski definition) is 4. The fourth-order valence-electron chi connectivity index (χ4n) is 2.15. The van der Waals surface area contributed by atoms with E-state index in [0.717, 1.165) is 21.3 Å². The van der Waals surface area contributed by atoms with Crippen molar-refractivity contribution in [3.8, 4) is 17.1 Å². The minimum Gasteiger partial charge on any atom is -0.494 e. The molecule has 0 amide bonds. The van der Waals surface area contributed by atoms with E-state index in [4.69, 9.17) is 17.0 Å². The van der Waals surface area contributed by atoms with Gasteiger partial charge >= 0.3 is 0 Å². The van der Waals surface area contributed by atoms with E-state index in [1.165, 1.54) is 0 Å². The van der Waals surface area contributed by atoms with Gasteiger partial charge in [-0.1, -0.05) is 40.2 Å². The van der Waals surface area contributed by atoms with Crippen molar-refractivity contribution in [1.29, 1.82) is 0 Å². The molecule has 0 aliphatic heterocycles. The monoisotopic (exact) mass is 402 g/mol. The van der Waals surface area contributed by atoms with E-state index < -0.39 is 0 Å². The van der Waals surface area contributed by atoms with Gasteiger partial charge in [0, 0.05) is 10.0 Å². The largest absolute Gasteiger partial charge is 0.494 e. The third-order valence-electron chi connectivity index (χ3n) is 3.25. The maximum atomic E-state index is 5.54. The molecular weight excluding hydrogens is 388 g/mol. The first-order valence-corrected chi connectivity index (χ1v) is 8.58. The first kappa shape index (κ1) is 16.6. The van der Waals surface area contributed by atoms with Crippen LogP contribution in [0.5, 0.6) is 5.75 Å². The molecular formula is C17H15BrN4OS. The normalized spacial score (nSPS) is 11.1. The predicted octanol–water partition coefficient (Wildman–Crippen LogP) is 4.65. The Balaban J connectivity index is 1.95. The van der Waals surface area contributed by atoms with Gasteiger partial charge in [-0.25, -0.2) is 5.10 Å². The zero-order valence-corrected chi connectivity index (χ0v) is 15.3. The summed E-state index contributed by atoms with van der Waals surface area (Å²) in [5.41, 5.74) is 1.84. The van der Waals surface area contributed by atoms with Crippen LogP contribution in [0.1, 0.15) is 12.5 Å². The number of ether oxygens (including phenoxy) is 1. The van der Waals surface area contributed by atoms with Gasteiger partial charge in [-0.2, -0.15) is 14.9 Å². The standard InChI is InChI=1S/C17H15BrN4OS/c1-2-23-15-5-3-4-13(10-15)16-20-21-17(24)22(16)19-11-12-6-8-14(18)9-7-12/h3-11H,2H2,1H3,(H,21,24)/b19-11-. The molecule has 5 nitrogen and oxygen atoms in total. The molecule has 0 saturated heterocycles. The highest BCUT2D eigenvalue weighted by molar-refractivity contribution is 9.10. The number of nitrogens with zero attached hydrogens (tertiary/aromatic N) is 3. The van der Waals surface area contributed by atoms with Crippen molar-refractivity contribution in [2.75, 3.05) is 6.61 Å². The molecule has 0 saturated carbocycles. The van der Waals surface area contributed by atoms with Gasteiger partial charge in [0.1, 0.15) is 5.75 Å². The molecule has 3 aromatic rings. The second-order valence-corrected chi connectivity index (χ2v) is 6.22. The molecule has 0 bridgehead atoms. The van der Waals surface area contributed by atoms with Crippen LogP contribution in [0.3, 0.4) is 0 Å². The number of aromatic nitrogens is 3. The third kappa shape index (κ3) is 3.80. The molecule has 122 valence electrons. The van der Waals surface area contributed by atoms with Crippen LogP contribution in [0, 0.1) is 4.77 Å². The summed E-state index contributed by atoms with van der Waals surface area (Å²) in [6.07, 6.45) is 1.74. The van der Waals surface area contributed by atoms with Crippen LogP contribution in [0.25, 0.3) is 11.4 Å². The average Bonchev–Trinajstić information content (AvgIpc) is 2.96. The number of rotatable bonds is 5. The summed E-state index contributed by atoms with van der Waals surface area (Å²) in [4.78, 5) is 0. The Bertz CT molecular complexity index is 915. The van der Waals surface area contributed by atoms with Gasteiger partial charge < -0.3 is 4.74 Å². The van der Waals surface area contributed by atoms with Crippen molar-refractivity contribution < 1.29 is 4.74 Å². The number of halogens is 1. The van der Waals surface area contributed by atoms with Gasteiger partial charge in [0.05, 0.1) is 12.8 Å². The van der Waals surface area contributed by atoms with E-state index in [2.05, 4.69) is 31.2 Å². The molecule has 0 fully saturated rings. The van der Waals surface area contributed by atoms with Crippen molar-refractivity contribution in [3.05, 3.63) is 63.3 Å². The van der Waals surface area contributed by atoms with E-state index in [-0.39, 0.29) is 0 Å². The quantitative estimate of drug-likeness (QED) is 0.498. The zero-order chi connectivity index (χ0) is 16.9. The number of aromatic amines is 1. The highest BCUT2D eigenvalue weighted by Crippen LogP contribution is 2.22. The molecule has 1 heterocycles. The molecule has 0 radical (unpaired) electrons. The van der Waals surface area contributed by atoms with Crippen LogP contribution in [0.15, 0.2) is 58.1 Å². The second-order valence-electron chi connectivity index (χ2n) is 4.92. The van der Waals surface area contributed by atoms with Gasteiger partial charge in [0.25, 0.3) is 0 Å². The van der Waals surface area contributed by atoms with Crippen molar-refractivity contribution in [2.45, 2.75) is 6.92 Å². The molecule has 24 heavy (non-hydrogen) atoms. The topological polar surface area (TPSA) is 55.2 Å². The summed E-state index contributed by atoms with van der Waals surface area (Å²) in [5, 5.41) is 11.5. The Kier molecular flexibility index (Phi) is 5.22. The van der Waals surface area contributed by atoms with E-state index in [9.17, 15) is 0 Å². The molecule has 0 unspecified atom stereocenters. The van der Waals surface area contributed by atoms with Gasteiger partial charge in [0.15, 0.2) is 5.82 Å². The number of hydrogen-bond donors (Lipinski definition) is 1. The highest BCUT2D eigenvalue weighted by Gasteiger charge is 2.09. The lowest BCUT2D eigenvalue weighted by atomic mass is 10.2. The van der Waals surface area contributed by atoms with Crippen molar-refractivity contribution in [1.82, 2.24) is 14.9 Å². The first-order chi connectivity index (χ1) is 11.7. The fourth-order valence-corrected chi connectivity index (χ4v) is 2.59. The minimum absolute atomic E-state index is 0.431. The van der Waals surface area contributed by atoms with Crippen LogP contribution in [0.2, 0.25) is 0 Å². The van der Waals surface area contributed by atoms with Gasteiger partial charge in [0.2, 0.25) is 4.77 Å². The average molecular weight is 403 g/mol. The Labute approximate surface area is 153 Å². The van der Waals surface area contributed by atoms with Gasteiger partial charge in [-0.15, -0.1) is 0 Å². The van der Waals surface area contributed by atoms with Crippen molar-refractivity contribution in [3.63, 3.8) is 0 Å². The lowest BCUT2D eigenvalue weighted by molar-refractivity contribution is 0.340. The molecule has 7 heteroatoms.